The summed E-state index contributed by atoms with van der Waals surface area (Å²) in [7, 11) is 0. The summed E-state index contributed by atoms with van der Waals surface area (Å²) in [6.45, 7) is 1.90. The summed E-state index contributed by atoms with van der Waals surface area (Å²) < 4.78 is 11.5. The van der Waals surface area contributed by atoms with Crippen LogP contribution >= 0.6 is 0 Å². The Bertz CT molecular complexity index is 1060. The topological polar surface area (TPSA) is 114 Å². The van der Waals surface area contributed by atoms with E-state index in [-0.39, 0.29) is 0 Å². The van der Waals surface area contributed by atoms with Crippen molar-refractivity contribution in [2.45, 2.75) is 25.5 Å². The number of carbonyl (C=O) groups excluding carboxylic acids is 2. The third-order valence-corrected chi connectivity index (χ3v) is 5.07. The van der Waals surface area contributed by atoms with E-state index in [0.717, 1.165) is 5.69 Å². The van der Waals surface area contributed by atoms with E-state index < -0.39 is 24.0 Å². The molecule has 3 N–H and O–H groups in total. The average Bonchev–Trinajstić information content (AvgIpc) is 3.26. The number of aromatic nitrogens is 1. The van der Waals surface area contributed by atoms with Crippen molar-refractivity contribution >= 4 is 22.8 Å². The number of furan rings is 1. The van der Waals surface area contributed by atoms with E-state index in [1.165, 1.54) is 0 Å². The Hall–Kier alpha value is -3.39. The minimum Gasteiger partial charge on any atom is -0.487 e. The van der Waals surface area contributed by atoms with Gasteiger partial charge in [-0.05, 0) is 43.7 Å². The first-order chi connectivity index (χ1) is 14.0. The first-order valence-corrected chi connectivity index (χ1v) is 9.30. The summed E-state index contributed by atoms with van der Waals surface area (Å²) in [5.41, 5.74) is 0.314. The summed E-state index contributed by atoms with van der Waals surface area (Å²) in [4.78, 5) is 29.3. The molecule has 1 fully saturated rings. The van der Waals surface area contributed by atoms with Gasteiger partial charge in [-0.2, -0.15) is 0 Å². The second-order valence-electron chi connectivity index (χ2n) is 7.00. The summed E-state index contributed by atoms with van der Waals surface area (Å²) in [5, 5.41) is 15.6. The molecule has 8 nitrogen and oxygen atoms in total. The van der Waals surface area contributed by atoms with Crippen molar-refractivity contribution in [1.29, 1.82) is 0 Å². The second kappa shape index (κ2) is 7.56. The van der Waals surface area contributed by atoms with Crippen LogP contribution in [0.4, 0.5) is 0 Å². The number of aliphatic hydroxyl groups excluding tert-OH is 1. The van der Waals surface area contributed by atoms with Gasteiger partial charge in [0.25, 0.3) is 5.91 Å². The van der Waals surface area contributed by atoms with Crippen LogP contribution < -0.4 is 15.4 Å². The van der Waals surface area contributed by atoms with Crippen molar-refractivity contribution in [3.8, 4) is 5.75 Å². The van der Waals surface area contributed by atoms with Crippen LogP contribution in [0.3, 0.4) is 0 Å². The zero-order valence-electron chi connectivity index (χ0n) is 15.9. The molecule has 1 aromatic carbocycles. The van der Waals surface area contributed by atoms with Crippen LogP contribution in [0.25, 0.3) is 11.0 Å². The lowest BCUT2D eigenvalue weighted by Crippen LogP contribution is -2.56. The predicted octanol–water partition coefficient (Wildman–Crippen LogP) is 1.70. The van der Waals surface area contributed by atoms with Crippen LogP contribution in [0.1, 0.15) is 28.2 Å². The smallest absolute Gasteiger partial charge is 0.256 e. The molecule has 2 aromatic heterocycles. The molecular formula is C21H21N3O5. The molecule has 0 saturated carbocycles. The van der Waals surface area contributed by atoms with Gasteiger partial charge in [-0.25, -0.2) is 0 Å². The number of pyridine rings is 1. The van der Waals surface area contributed by atoms with Crippen molar-refractivity contribution in [2.75, 3.05) is 13.2 Å². The Morgan fingerprint density at radius 2 is 2.24 bits per heavy atom. The van der Waals surface area contributed by atoms with Crippen molar-refractivity contribution in [3.05, 3.63) is 59.6 Å². The van der Waals surface area contributed by atoms with Crippen LogP contribution in [0.2, 0.25) is 0 Å². The van der Waals surface area contributed by atoms with Gasteiger partial charge >= 0.3 is 0 Å². The third kappa shape index (κ3) is 3.54. The monoisotopic (exact) mass is 395 g/mol. The molecule has 8 heteroatoms. The lowest BCUT2D eigenvalue weighted by molar-refractivity contribution is -0.125. The maximum Gasteiger partial charge on any atom is 0.256 e. The standard InChI is InChI=1S/C21H21N3O5/c1-13-18(19(26)24-21(12-25)7-9-23-20(21)27)16-10-15(5-6-17(16)29-13)28-11-14-4-2-3-8-22-14/h2-6,8,10,25H,7,9,11-12H2,1H3,(H,23,27)(H,24,26). The van der Waals surface area contributed by atoms with Gasteiger partial charge in [-0.15, -0.1) is 0 Å². The SMILES string of the molecule is Cc1oc2ccc(OCc3ccccn3)cc2c1C(=O)NC1(CO)CCNC1=O. The second-order valence-corrected chi connectivity index (χ2v) is 7.00. The Morgan fingerprint density at radius 3 is 2.93 bits per heavy atom. The molecule has 4 rings (SSSR count). The van der Waals surface area contributed by atoms with Gasteiger partial charge in [0.1, 0.15) is 29.2 Å². The van der Waals surface area contributed by atoms with E-state index in [2.05, 4.69) is 15.6 Å². The normalized spacial score (nSPS) is 18.6. The molecule has 1 unspecified atom stereocenters. The van der Waals surface area contributed by atoms with Crippen molar-refractivity contribution < 1.29 is 23.8 Å². The summed E-state index contributed by atoms with van der Waals surface area (Å²) in [6, 6.07) is 10.8. The predicted molar refractivity (Wildman–Crippen MR) is 104 cm³/mol. The van der Waals surface area contributed by atoms with Gasteiger partial charge in [-0.3, -0.25) is 14.6 Å². The Kier molecular flexibility index (Phi) is 4.94. The van der Waals surface area contributed by atoms with E-state index in [4.69, 9.17) is 9.15 Å². The van der Waals surface area contributed by atoms with Crippen molar-refractivity contribution in [3.63, 3.8) is 0 Å². The van der Waals surface area contributed by atoms with Gasteiger partial charge in [0.2, 0.25) is 5.91 Å². The minimum atomic E-state index is -1.32. The van der Waals surface area contributed by atoms with Crippen LogP contribution in [-0.4, -0.2) is 40.6 Å². The fourth-order valence-corrected chi connectivity index (χ4v) is 3.47. The minimum absolute atomic E-state index is 0.290. The van der Waals surface area contributed by atoms with Gasteiger partial charge in [0.05, 0.1) is 17.9 Å². The Labute approximate surface area is 166 Å². The van der Waals surface area contributed by atoms with Crippen molar-refractivity contribution in [1.82, 2.24) is 15.6 Å². The number of aliphatic hydroxyl groups is 1. The van der Waals surface area contributed by atoms with E-state index in [1.807, 2.05) is 18.2 Å². The number of nitrogens with one attached hydrogen (secondary N) is 2. The van der Waals surface area contributed by atoms with Gasteiger partial charge in [-0.1, -0.05) is 6.07 Å². The molecule has 0 radical (unpaired) electrons. The molecule has 3 aromatic rings. The molecule has 1 aliphatic heterocycles. The number of aryl methyl sites for hydroxylation is 1. The number of hydrogen-bond donors (Lipinski definition) is 3. The molecule has 150 valence electrons. The molecule has 3 heterocycles. The van der Waals surface area contributed by atoms with Gasteiger partial charge in [0, 0.05) is 18.1 Å². The highest BCUT2D eigenvalue weighted by atomic mass is 16.5. The first-order valence-electron chi connectivity index (χ1n) is 9.30. The maximum absolute atomic E-state index is 13.0. The number of nitrogens with zero attached hydrogens (tertiary/aromatic N) is 1. The van der Waals surface area contributed by atoms with Crippen LogP contribution in [0.15, 0.2) is 47.0 Å². The maximum atomic E-state index is 13.0. The van der Waals surface area contributed by atoms with Crippen LogP contribution in [-0.2, 0) is 11.4 Å². The number of ether oxygens (including phenoxy) is 1. The summed E-state index contributed by atoms with van der Waals surface area (Å²) in [6.07, 6.45) is 2.02. The molecule has 0 spiro atoms. The number of fused-ring (bicyclic) bond motifs is 1. The molecule has 1 saturated heterocycles. The van der Waals surface area contributed by atoms with E-state index in [1.54, 1.807) is 31.3 Å². The number of amides is 2. The molecule has 1 aliphatic rings. The quantitative estimate of drug-likeness (QED) is 0.585. The Balaban J connectivity index is 1.61. The fraction of sp³-hybridized carbons (Fsp3) is 0.286. The number of hydrogen-bond acceptors (Lipinski definition) is 6. The summed E-state index contributed by atoms with van der Waals surface area (Å²) in [5.74, 6) is 0.117. The van der Waals surface area contributed by atoms with Crippen LogP contribution in [0, 0.1) is 6.92 Å². The zero-order chi connectivity index (χ0) is 20.4. The molecule has 29 heavy (non-hydrogen) atoms. The molecular weight excluding hydrogens is 374 g/mol. The van der Waals surface area contributed by atoms with Crippen LogP contribution in [0.5, 0.6) is 5.75 Å². The van der Waals surface area contributed by atoms with Gasteiger partial charge < -0.3 is 24.9 Å². The van der Waals surface area contributed by atoms with Gasteiger partial charge in [0.15, 0.2) is 0 Å². The Morgan fingerprint density at radius 1 is 1.38 bits per heavy atom. The molecule has 1 atom stereocenters. The van der Waals surface area contributed by atoms with E-state index in [9.17, 15) is 14.7 Å². The highest BCUT2D eigenvalue weighted by Crippen LogP contribution is 2.30. The third-order valence-electron chi connectivity index (χ3n) is 5.07. The number of benzene rings is 1. The zero-order valence-corrected chi connectivity index (χ0v) is 15.9. The lowest BCUT2D eigenvalue weighted by atomic mass is 9.97. The van der Waals surface area contributed by atoms with Crippen molar-refractivity contribution in [2.24, 2.45) is 0 Å². The largest absolute Gasteiger partial charge is 0.487 e. The fourth-order valence-electron chi connectivity index (χ4n) is 3.47. The number of carbonyl (C=O) groups is 2. The average molecular weight is 395 g/mol. The molecule has 0 aliphatic carbocycles. The lowest BCUT2D eigenvalue weighted by Gasteiger charge is -2.24. The highest BCUT2D eigenvalue weighted by molar-refractivity contribution is 6.09. The van der Waals surface area contributed by atoms with E-state index >= 15 is 0 Å². The molecule has 0 bridgehead atoms. The highest BCUT2D eigenvalue weighted by Gasteiger charge is 2.44. The first kappa shape index (κ1) is 18.9. The molecule has 2 amide bonds. The summed E-state index contributed by atoms with van der Waals surface area (Å²) >= 11 is 0. The number of rotatable bonds is 6. The van der Waals surface area contributed by atoms with E-state index in [0.29, 0.717) is 47.6 Å².